The Bertz CT molecular complexity index is 3860. The number of hydrogen-bond donors (Lipinski definition) is 4. The van der Waals surface area contributed by atoms with Gasteiger partial charge in [0.1, 0.15) is 52.9 Å². The molecule has 1 heterocycles. The minimum atomic E-state index is -1.47. The summed E-state index contributed by atoms with van der Waals surface area (Å²) in [6, 6.07) is 33.9. The number of nitrogens with zero attached hydrogens (tertiary/aromatic N) is 1. The van der Waals surface area contributed by atoms with Gasteiger partial charge in [0.25, 0.3) is 11.8 Å². The van der Waals surface area contributed by atoms with Gasteiger partial charge in [0, 0.05) is 64.6 Å². The zero-order valence-electron chi connectivity index (χ0n) is 68.3. The Balaban J connectivity index is 0.000000405. The molecule has 26 heteroatoms. The Morgan fingerprint density at radius 1 is 0.566 bits per heavy atom. The van der Waals surface area contributed by atoms with Crippen LogP contribution in [0.1, 0.15) is 188 Å². The normalized spacial score (nSPS) is 13.2. The van der Waals surface area contributed by atoms with Gasteiger partial charge in [-0.25, -0.2) is 24.2 Å². The highest BCUT2D eigenvalue weighted by Crippen LogP contribution is 2.44. The Morgan fingerprint density at radius 3 is 1.47 bits per heavy atom. The number of aromatic nitrogens is 1. The minimum absolute atomic E-state index is 0.0277. The van der Waals surface area contributed by atoms with Gasteiger partial charge in [0.05, 0.1) is 32.6 Å². The minimum Gasteiger partial charge on any atom is -0.466 e. The van der Waals surface area contributed by atoms with Gasteiger partial charge in [-0.15, -0.1) is 11.3 Å². The Morgan fingerprint density at radius 2 is 1.02 bits per heavy atom. The molecule has 4 amide bonds. The van der Waals surface area contributed by atoms with E-state index in [-0.39, 0.29) is 73.0 Å². The molecule has 1 aliphatic rings. The lowest BCUT2D eigenvalue weighted by Gasteiger charge is -2.22. The molecule has 0 spiro atoms. The van der Waals surface area contributed by atoms with Crippen LogP contribution in [0, 0.1) is 0 Å². The number of thiazole rings is 1. The third kappa shape index (κ3) is 39.9. The molecule has 4 atom stereocenters. The zero-order chi connectivity index (χ0) is 82.6. The number of nitrogens with one attached hydrogen (secondary N) is 4. The first-order chi connectivity index (χ1) is 53.9. The summed E-state index contributed by atoms with van der Waals surface area (Å²) >= 11 is 3.72. The maximum Gasteiger partial charge on any atom is 0.408 e. The molecule has 0 saturated carbocycles. The number of alkyl carbamates (subject to hydrolysis) is 2. The fourth-order valence-electron chi connectivity index (χ4n) is 11.5. The number of rotatable bonds is 47. The van der Waals surface area contributed by atoms with Crippen molar-refractivity contribution in [3.05, 3.63) is 184 Å². The fraction of sp³-hybridized carbons (Fsp3) is 0.506. The first-order valence-corrected chi connectivity index (χ1v) is 49.9. The van der Waals surface area contributed by atoms with E-state index in [0.717, 1.165) is 102 Å². The summed E-state index contributed by atoms with van der Waals surface area (Å²) in [6.07, 6.45) is 17.9. The Labute approximate surface area is 684 Å². The van der Waals surface area contributed by atoms with Gasteiger partial charge in [-0.1, -0.05) is 255 Å². The molecule has 0 aliphatic heterocycles. The average Bonchev–Trinajstić information content (AvgIpc) is 1.62. The first kappa shape index (κ1) is 95.2. The second kappa shape index (κ2) is 51.4. The van der Waals surface area contributed by atoms with Crippen LogP contribution in [-0.4, -0.2) is 140 Å². The molecular weight excluding hydrogens is 1520 g/mol. The number of hydrogen-bond acceptors (Lipinski definition) is 20. The van der Waals surface area contributed by atoms with Crippen LogP contribution in [0.5, 0.6) is 0 Å². The third-order valence-electron chi connectivity index (χ3n) is 17.7. The zero-order valence-corrected chi connectivity index (χ0v) is 72.8. The van der Waals surface area contributed by atoms with E-state index in [1.54, 1.807) is 70.2 Å². The summed E-state index contributed by atoms with van der Waals surface area (Å²) in [5.74, 6) is -2.88. The molecule has 616 valence electrons. The number of esters is 4. The van der Waals surface area contributed by atoms with E-state index >= 15 is 0 Å². The van der Waals surface area contributed by atoms with Crippen molar-refractivity contribution in [3.63, 3.8) is 0 Å². The quantitative estimate of drug-likeness (QED) is 0.00703. The number of carbonyl (C=O) groups is 10. The van der Waals surface area contributed by atoms with E-state index in [2.05, 4.69) is 91.5 Å². The van der Waals surface area contributed by atoms with Crippen molar-refractivity contribution in [2.45, 2.75) is 251 Å². The van der Waals surface area contributed by atoms with Crippen molar-refractivity contribution in [2.75, 3.05) is 31.3 Å². The number of allylic oxidation sites excluding steroid dienone is 3. The molecular formula is C87H121N5O16S3Si2. The Hall–Kier alpha value is -8.44. The summed E-state index contributed by atoms with van der Waals surface area (Å²) in [7, 11) is -2.89. The van der Waals surface area contributed by atoms with Gasteiger partial charge in [0.2, 0.25) is 0 Å². The van der Waals surface area contributed by atoms with Crippen molar-refractivity contribution in [2.24, 2.45) is 0 Å². The van der Waals surface area contributed by atoms with Gasteiger partial charge in [0.15, 0.2) is 10.2 Å². The van der Waals surface area contributed by atoms with Crippen LogP contribution in [0.25, 0.3) is 11.1 Å². The van der Waals surface area contributed by atoms with Crippen LogP contribution >= 0.6 is 34.9 Å². The van der Waals surface area contributed by atoms with Crippen molar-refractivity contribution in [1.29, 1.82) is 0 Å². The van der Waals surface area contributed by atoms with Crippen molar-refractivity contribution >= 4 is 109 Å². The molecule has 21 nitrogen and oxygen atoms in total. The number of fused-ring (bicyclic) bond motifs is 3. The number of carbonyl (C=O) groups excluding carboxylic acids is 10. The maximum atomic E-state index is 13.9. The molecule has 0 saturated heterocycles. The summed E-state index contributed by atoms with van der Waals surface area (Å²) in [5, 5.41) is 12.9. The average molecular weight is 1650 g/mol. The summed E-state index contributed by atoms with van der Waals surface area (Å²) in [4.78, 5) is 135. The predicted molar refractivity (Wildman–Crippen MR) is 457 cm³/mol. The number of amides is 4. The van der Waals surface area contributed by atoms with Crippen LogP contribution in [0.4, 0.5) is 9.59 Å². The Kier molecular flexibility index (Phi) is 43.3. The number of ether oxygens (including phenoxy) is 6. The summed E-state index contributed by atoms with van der Waals surface area (Å²) < 4.78 is 33.9. The highest BCUT2D eigenvalue weighted by atomic mass is 32.2. The van der Waals surface area contributed by atoms with Gasteiger partial charge in [-0.05, 0) is 111 Å². The molecule has 5 aromatic rings. The molecule has 0 fully saturated rings. The van der Waals surface area contributed by atoms with Gasteiger partial charge >= 0.3 is 36.1 Å². The van der Waals surface area contributed by atoms with Crippen LogP contribution in [0.2, 0.25) is 51.4 Å². The first-order valence-electron chi connectivity index (χ1n) is 39.7. The number of benzene rings is 4. The van der Waals surface area contributed by atoms with Crippen LogP contribution in [-0.2, 0) is 81.4 Å². The van der Waals surface area contributed by atoms with E-state index in [1.807, 2.05) is 78.9 Å². The van der Waals surface area contributed by atoms with E-state index in [4.69, 9.17) is 28.4 Å². The lowest BCUT2D eigenvalue weighted by molar-refractivity contribution is -0.156. The van der Waals surface area contributed by atoms with Crippen LogP contribution in [0.3, 0.4) is 0 Å². The maximum absolute atomic E-state index is 13.9. The fourth-order valence-corrected chi connectivity index (χ4v) is 15.2. The monoisotopic (exact) mass is 1640 g/mol. The van der Waals surface area contributed by atoms with Crippen molar-refractivity contribution < 1.29 is 76.4 Å². The van der Waals surface area contributed by atoms with Gasteiger partial charge in [-0.2, -0.15) is 0 Å². The highest BCUT2D eigenvalue weighted by Gasteiger charge is 2.33. The topological polar surface area (TPSA) is 287 Å². The molecule has 0 unspecified atom stereocenters. The summed E-state index contributed by atoms with van der Waals surface area (Å²) in [6.45, 7) is 25.0. The largest absolute Gasteiger partial charge is 0.466 e. The van der Waals surface area contributed by atoms with Gasteiger partial charge in [-0.3, -0.25) is 28.8 Å². The third-order valence-corrected chi connectivity index (χ3v) is 23.9. The molecule has 113 heavy (non-hydrogen) atoms. The molecule has 0 radical (unpaired) electrons. The molecule has 4 N–H and O–H groups in total. The van der Waals surface area contributed by atoms with E-state index < -0.39 is 93.9 Å². The second-order valence-corrected chi connectivity index (χ2v) is 45.7. The standard InChI is InChI=1S/C44H57NO7SSi.C43H64N4O9S2Si/c1-5-6-7-8-12-26-42(47)53-28-18-17-21-34(31-41(46)50-27-29-54(2,3)4)52-43(48)40(30-33-19-10-9-11-20-33)45-44(49)51-32-39-37-24-15-13-22-35(37)36-23-14-16-25-38(36)39;1-9-11-12-13-17-23-38(49)57-25-19-18-22-32(28-37(48)54-24-26-59(6,7)8)55-41(52)34(27-31-20-15-14-16-21-31)47-39(50)33(10-2)46-40(51)35-30-58-36(45-35)29-44-42(53)56-43(3,4)5/h9-11,13-17,19-25,34,39-40H,5-8,12,18,26-32H2,1-4H3,(H,45,49);10,14-16,18,20-22,30,32,34H,9,11-13,17,19,23-29H2,1-8H3,(H,44,53)(H,46,51)(H,47,50)/b21-17+;22-18+,33-10-/t34-,40+;32-,34+/m11/s1. The molecule has 6 rings (SSSR count). The summed E-state index contributed by atoms with van der Waals surface area (Å²) in [5.41, 5.74) is 5.20. The highest BCUT2D eigenvalue weighted by molar-refractivity contribution is 8.13. The molecule has 1 aliphatic carbocycles. The van der Waals surface area contributed by atoms with Crippen molar-refractivity contribution in [1.82, 2.24) is 26.3 Å². The number of thioether (sulfide) groups is 2. The SMILES string of the molecule is C/C=C(\NC(=O)c1csc(CNC(=O)OC(C)(C)C)n1)C(=O)N[C@@H](Cc1ccccc1)C(=O)O[C@H](/C=C/CCSC(=O)CCCCCCC)CC(=O)OCC[Si](C)(C)C.CCCCCCCC(=O)SCC/C=C/[C@H](CC(=O)OCC[Si](C)(C)C)OC(=O)[C@H](Cc1ccccc1)NC(=O)OCC1c2ccccc2-c2ccccc21. The van der Waals surface area contributed by atoms with Crippen molar-refractivity contribution in [3.8, 4) is 11.1 Å². The number of unbranched alkanes of at least 4 members (excludes halogenated alkanes) is 8. The molecule has 4 aromatic carbocycles. The lowest BCUT2D eigenvalue weighted by atomic mass is 9.98. The smallest absolute Gasteiger partial charge is 0.408 e. The second-order valence-electron chi connectivity index (χ2n) is 31.2. The van der Waals surface area contributed by atoms with Crippen LogP contribution < -0.4 is 21.3 Å². The lowest BCUT2D eigenvalue weighted by Crippen LogP contribution is -2.47. The van der Waals surface area contributed by atoms with Crippen LogP contribution in [0.15, 0.2) is 151 Å². The van der Waals surface area contributed by atoms with Gasteiger partial charge < -0.3 is 49.7 Å². The predicted octanol–water partition coefficient (Wildman–Crippen LogP) is 18.2. The van der Waals surface area contributed by atoms with E-state index in [9.17, 15) is 47.9 Å². The molecule has 0 bridgehead atoms. The van der Waals surface area contributed by atoms with E-state index in [1.165, 1.54) is 54.2 Å². The van der Waals surface area contributed by atoms with E-state index in [0.29, 0.717) is 48.8 Å². The molecule has 1 aromatic heterocycles.